The normalized spacial score (nSPS) is 14.5. The molecule has 2 unspecified atom stereocenters. The van der Waals surface area contributed by atoms with Crippen LogP contribution in [0.1, 0.15) is 39.9 Å². The monoisotopic (exact) mass is 748 g/mol. The minimum atomic E-state index is -5.32. The van der Waals surface area contributed by atoms with E-state index in [2.05, 4.69) is 31.9 Å². The van der Waals surface area contributed by atoms with Gasteiger partial charge in [-0.15, -0.1) is 0 Å². The average molecular weight is 751 g/mol. The fraction of sp³-hybridized carbons (Fsp3) is 0.333. The topological polar surface area (TPSA) is 49.4 Å². The van der Waals surface area contributed by atoms with Crippen molar-refractivity contribution in [3.05, 3.63) is 72.6 Å². The number of rotatable bonds is 7. The number of nitrogens with zero attached hydrogens (tertiary/aromatic N) is 1. The van der Waals surface area contributed by atoms with Crippen molar-refractivity contribution in [3.8, 4) is 0 Å². The summed E-state index contributed by atoms with van der Waals surface area (Å²) in [7, 11) is 0.763. The van der Waals surface area contributed by atoms with Crippen LogP contribution in [0.15, 0.2) is 45.4 Å². The Hall–Kier alpha value is -2.33. The van der Waals surface area contributed by atoms with Crippen LogP contribution in [0.4, 0.5) is 43.9 Å². The number of nitrogens with one attached hydrogen (secondary N) is 1. The fourth-order valence-electron chi connectivity index (χ4n) is 3.52. The molecule has 4 nitrogen and oxygen atoms in total. The molecule has 17 heteroatoms. The molecule has 1 N–H and O–H groups in total. The molecule has 0 aliphatic carbocycles. The summed E-state index contributed by atoms with van der Waals surface area (Å²) >= 11 is 11.8. The zero-order chi connectivity index (χ0) is 31.7. The van der Waals surface area contributed by atoms with Gasteiger partial charge in [-0.2, -0.15) is 39.5 Å². The molecule has 226 valence electrons. The van der Waals surface area contributed by atoms with Gasteiger partial charge in [0.2, 0.25) is 5.91 Å². The van der Waals surface area contributed by atoms with Gasteiger partial charge in [0, 0.05) is 21.6 Å². The fourth-order valence-corrected chi connectivity index (χ4v) is 4.85. The van der Waals surface area contributed by atoms with Crippen molar-refractivity contribution < 1.29 is 53.5 Å². The van der Waals surface area contributed by atoms with Crippen LogP contribution in [-0.2, 0) is 11.0 Å². The third-order valence-electron chi connectivity index (χ3n) is 5.39. The van der Waals surface area contributed by atoms with Crippen molar-refractivity contribution in [2.24, 2.45) is 0 Å². The first-order valence-corrected chi connectivity index (χ1v) is 12.9. The summed E-state index contributed by atoms with van der Waals surface area (Å²) in [5.41, 5.74) is -4.37. The minimum Gasteiger partial charge on any atom is -0.341 e. The van der Waals surface area contributed by atoms with E-state index in [1.54, 1.807) is 0 Å². The average Bonchev–Trinajstić information content (AvgIpc) is 2.82. The Balaban J connectivity index is 2.47. The van der Waals surface area contributed by atoms with Gasteiger partial charge in [-0.1, -0.05) is 17.7 Å². The largest absolute Gasteiger partial charge is 0.417 e. The molecule has 2 aromatic rings. The second-order valence-corrected chi connectivity index (χ2v) is 10.7. The summed E-state index contributed by atoms with van der Waals surface area (Å²) in [6, 6.07) is 1.40. The van der Waals surface area contributed by atoms with Crippen LogP contribution in [0.2, 0.25) is 5.02 Å². The maximum absolute atomic E-state index is 15.0. The number of hydrogen-bond donors (Lipinski definition) is 1. The van der Waals surface area contributed by atoms with Gasteiger partial charge in [-0.3, -0.25) is 9.59 Å². The first-order chi connectivity index (χ1) is 18.5. The third-order valence-corrected chi connectivity index (χ3v) is 7.50. The lowest BCUT2D eigenvalue weighted by Gasteiger charge is -2.23. The second kappa shape index (κ2) is 12.9. The molecule has 2 aromatic carbocycles. The molecule has 0 heterocycles. The molecule has 2 atom stereocenters. The lowest BCUT2D eigenvalue weighted by molar-refractivity contribution is -0.159. The van der Waals surface area contributed by atoms with E-state index in [0.29, 0.717) is 12.1 Å². The van der Waals surface area contributed by atoms with Gasteiger partial charge in [0.1, 0.15) is 24.3 Å². The molecule has 0 aliphatic heterocycles. The van der Waals surface area contributed by atoms with Crippen molar-refractivity contribution in [3.63, 3.8) is 0 Å². The van der Waals surface area contributed by atoms with Gasteiger partial charge in [-0.25, -0.2) is 4.39 Å². The molecule has 0 aliphatic rings. The highest BCUT2D eigenvalue weighted by atomic mass is 79.9. The van der Waals surface area contributed by atoms with Crippen molar-refractivity contribution in [2.45, 2.75) is 37.4 Å². The molecule has 0 spiro atoms. The van der Waals surface area contributed by atoms with E-state index in [0.717, 1.165) is 26.1 Å². The van der Waals surface area contributed by atoms with Crippen molar-refractivity contribution in [1.29, 1.82) is 0 Å². The first-order valence-electron chi connectivity index (χ1n) is 11.0. The van der Waals surface area contributed by atoms with Crippen molar-refractivity contribution in [2.75, 3.05) is 13.6 Å². The molecule has 2 rings (SSSR count). The highest BCUT2D eigenvalue weighted by Crippen LogP contribution is 2.43. The molecule has 0 saturated heterocycles. The van der Waals surface area contributed by atoms with Gasteiger partial charge in [0.25, 0.3) is 5.91 Å². The standard InChI is InChI=1S/C24H17Br2ClF10N2O2/c1-10(21(41)39(2)9-22(29,30)31)38-20(40)13-4-3-11(5-15(13)24(35,36)37)18(28)8-14(23(32,33)34)12-6-16(25)19(27)17(26)7-12/h3-8,10,14H,9H2,1-2H3,(H,38,40)/b18-8-. The number of carbonyl (C=O) groups is 2. The van der Waals surface area contributed by atoms with Crippen molar-refractivity contribution in [1.82, 2.24) is 10.2 Å². The Morgan fingerprint density at radius 2 is 1.54 bits per heavy atom. The number of likely N-dealkylation sites (N-methyl/N-ethyl adjacent to an activating group) is 1. The van der Waals surface area contributed by atoms with Gasteiger partial charge in [-0.05, 0) is 74.7 Å². The molecule has 41 heavy (non-hydrogen) atoms. The second-order valence-electron chi connectivity index (χ2n) is 8.60. The summed E-state index contributed by atoms with van der Waals surface area (Å²) in [5, 5.41) is 1.86. The van der Waals surface area contributed by atoms with Crippen LogP contribution >= 0.6 is 43.5 Å². The molecule has 0 radical (unpaired) electrons. The van der Waals surface area contributed by atoms with E-state index in [4.69, 9.17) is 11.6 Å². The van der Waals surface area contributed by atoms with E-state index in [9.17, 15) is 49.1 Å². The van der Waals surface area contributed by atoms with E-state index >= 15 is 4.39 Å². The lowest BCUT2D eigenvalue weighted by Crippen LogP contribution is -2.48. The van der Waals surface area contributed by atoms with Crippen LogP contribution in [0.25, 0.3) is 5.83 Å². The quantitative estimate of drug-likeness (QED) is 0.228. The molecular formula is C24H17Br2ClF10N2O2. The van der Waals surface area contributed by atoms with E-state index < -0.39 is 76.9 Å². The highest BCUT2D eigenvalue weighted by Gasteiger charge is 2.41. The molecule has 0 bridgehead atoms. The summed E-state index contributed by atoms with van der Waals surface area (Å²) in [6.07, 6.45) is -15.1. The number of allylic oxidation sites excluding steroid dienone is 1. The smallest absolute Gasteiger partial charge is 0.341 e. The molecular weight excluding hydrogens is 734 g/mol. The van der Waals surface area contributed by atoms with Crippen LogP contribution in [0.3, 0.4) is 0 Å². The maximum Gasteiger partial charge on any atom is 0.417 e. The molecule has 0 fully saturated rings. The minimum absolute atomic E-state index is 0.0193. The number of halogens is 13. The molecule has 0 saturated carbocycles. The third kappa shape index (κ3) is 9.33. The number of amides is 2. The predicted molar refractivity (Wildman–Crippen MR) is 137 cm³/mol. The van der Waals surface area contributed by atoms with Gasteiger partial charge in [0.15, 0.2) is 0 Å². The maximum atomic E-state index is 15.0. The molecule has 2 amide bonds. The summed E-state index contributed by atoms with van der Waals surface area (Å²) in [4.78, 5) is 24.8. The van der Waals surface area contributed by atoms with Crippen LogP contribution in [-0.4, -0.2) is 48.7 Å². The lowest BCUT2D eigenvalue weighted by atomic mass is 9.95. The molecule has 0 aromatic heterocycles. The number of hydrogen-bond acceptors (Lipinski definition) is 2. The summed E-state index contributed by atoms with van der Waals surface area (Å²) in [5.74, 6) is -7.14. The Kier molecular flexibility index (Phi) is 11.0. The zero-order valence-corrected chi connectivity index (χ0v) is 24.4. The van der Waals surface area contributed by atoms with Gasteiger partial charge >= 0.3 is 18.5 Å². The number of benzene rings is 2. The Labute approximate surface area is 248 Å². The highest BCUT2D eigenvalue weighted by molar-refractivity contribution is 9.11. The Morgan fingerprint density at radius 1 is 1.00 bits per heavy atom. The van der Waals surface area contributed by atoms with Gasteiger partial charge < -0.3 is 10.2 Å². The SMILES string of the molecule is CC(NC(=O)c1ccc(/C(F)=C/C(c2cc(Br)c(Cl)c(Br)c2)C(F)(F)F)cc1C(F)(F)F)C(=O)N(C)CC(F)(F)F. The predicted octanol–water partition coefficient (Wildman–Crippen LogP) is 8.68. The van der Waals surface area contributed by atoms with Crippen LogP contribution < -0.4 is 5.32 Å². The zero-order valence-electron chi connectivity index (χ0n) is 20.5. The van der Waals surface area contributed by atoms with Crippen molar-refractivity contribution >= 4 is 61.1 Å². The van der Waals surface area contributed by atoms with E-state index in [1.807, 2.05) is 5.32 Å². The van der Waals surface area contributed by atoms with Crippen LogP contribution in [0, 0.1) is 0 Å². The first kappa shape index (κ1) is 34.9. The van der Waals surface area contributed by atoms with Crippen LogP contribution in [0.5, 0.6) is 0 Å². The number of carbonyl (C=O) groups excluding carboxylic acids is 2. The van der Waals surface area contributed by atoms with E-state index in [1.165, 1.54) is 0 Å². The summed E-state index contributed by atoms with van der Waals surface area (Å²) in [6.45, 7) is -0.759. The van der Waals surface area contributed by atoms with Gasteiger partial charge in [0.05, 0.1) is 16.1 Å². The Morgan fingerprint density at radius 3 is 2.00 bits per heavy atom. The Bertz CT molecular complexity index is 1320. The van der Waals surface area contributed by atoms with E-state index in [-0.39, 0.29) is 31.0 Å². The summed E-state index contributed by atoms with van der Waals surface area (Å²) < 4.78 is 135. The number of alkyl halides is 9.